The molecule has 0 aliphatic heterocycles. The van der Waals surface area contributed by atoms with E-state index in [4.69, 9.17) is 0 Å². The van der Waals surface area contributed by atoms with Crippen LogP contribution in [-0.2, 0) is 4.79 Å². The van der Waals surface area contributed by atoms with Crippen molar-refractivity contribution < 1.29 is 18.0 Å². The number of benzene rings is 1. The molecule has 110 valence electrons. The molecule has 0 aromatic heterocycles. The van der Waals surface area contributed by atoms with Crippen LogP contribution in [0.4, 0.5) is 18.9 Å². The highest BCUT2D eigenvalue weighted by molar-refractivity contribution is 9.10. The lowest BCUT2D eigenvalue weighted by atomic mass is 9.81. The highest BCUT2D eigenvalue weighted by atomic mass is 79.9. The van der Waals surface area contributed by atoms with Crippen molar-refractivity contribution in [1.82, 2.24) is 0 Å². The van der Waals surface area contributed by atoms with Gasteiger partial charge in [-0.3, -0.25) is 4.79 Å². The van der Waals surface area contributed by atoms with E-state index in [9.17, 15) is 18.0 Å². The number of alkyl halides is 3. The highest BCUT2D eigenvalue weighted by Crippen LogP contribution is 2.39. The zero-order chi connectivity index (χ0) is 14.8. The Morgan fingerprint density at radius 3 is 2.40 bits per heavy atom. The Morgan fingerprint density at radius 1 is 1.20 bits per heavy atom. The smallest absolute Gasteiger partial charge is 0.326 e. The molecule has 1 aromatic rings. The molecular formula is C14H15BrF3NO. The minimum Gasteiger partial charge on any atom is -0.326 e. The highest BCUT2D eigenvalue weighted by Gasteiger charge is 2.42. The molecule has 1 amide bonds. The van der Waals surface area contributed by atoms with Gasteiger partial charge in [0.25, 0.3) is 0 Å². The Kier molecular flexibility index (Phi) is 4.73. The van der Waals surface area contributed by atoms with E-state index in [1.807, 2.05) is 6.07 Å². The van der Waals surface area contributed by atoms with Gasteiger partial charge in [-0.05, 0) is 43.9 Å². The van der Waals surface area contributed by atoms with E-state index < -0.39 is 12.1 Å². The number of hydrogen-bond acceptors (Lipinski definition) is 1. The van der Waals surface area contributed by atoms with Crippen molar-refractivity contribution in [3.63, 3.8) is 0 Å². The molecule has 0 unspecified atom stereocenters. The Morgan fingerprint density at radius 2 is 1.85 bits per heavy atom. The van der Waals surface area contributed by atoms with Crippen molar-refractivity contribution in [3.8, 4) is 0 Å². The van der Waals surface area contributed by atoms with E-state index in [-0.39, 0.29) is 24.7 Å². The Labute approximate surface area is 123 Å². The van der Waals surface area contributed by atoms with Gasteiger partial charge in [-0.2, -0.15) is 13.2 Å². The minimum absolute atomic E-state index is 0.0417. The van der Waals surface area contributed by atoms with E-state index in [1.54, 1.807) is 18.2 Å². The summed E-state index contributed by atoms with van der Waals surface area (Å²) in [5, 5.41) is 2.76. The Balaban J connectivity index is 1.89. The van der Waals surface area contributed by atoms with Crippen LogP contribution < -0.4 is 5.32 Å². The van der Waals surface area contributed by atoms with Gasteiger partial charge >= 0.3 is 6.18 Å². The summed E-state index contributed by atoms with van der Waals surface area (Å²) in [4.78, 5) is 12.0. The maximum absolute atomic E-state index is 12.6. The molecule has 2 rings (SSSR count). The summed E-state index contributed by atoms with van der Waals surface area (Å²) in [6, 6.07) is 7.15. The Bertz CT molecular complexity index is 482. The van der Waals surface area contributed by atoms with Crippen molar-refractivity contribution >= 4 is 27.5 Å². The number of nitrogens with one attached hydrogen (secondary N) is 1. The molecule has 1 aromatic carbocycles. The van der Waals surface area contributed by atoms with E-state index in [1.165, 1.54) is 0 Å². The third-order valence-corrected chi connectivity index (χ3v) is 4.15. The molecule has 0 spiro atoms. The molecule has 1 saturated carbocycles. The van der Waals surface area contributed by atoms with Crippen LogP contribution in [0, 0.1) is 11.8 Å². The predicted octanol–water partition coefficient (Wildman–Crippen LogP) is 4.76. The second-order valence-corrected chi connectivity index (χ2v) is 6.01. The lowest BCUT2D eigenvalue weighted by Gasteiger charge is -2.29. The molecule has 0 radical (unpaired) electrons. The first kappa shape index (κ1) is 15.4. The van der Waals surface area contributed by atoms with Gasteiger partial charge in [0.2, 0.25) is 5.91 Å². The van der Waals surface area contributed by atoms with Gasteiger partial charge in [0, 0.05) is 16.1 Å². The summed E-state index contributed by atoms with van der Waals surface area (Å²) in [6.45, 7) is 0. The fourth-order valence-electron chi connectivity index (χ4n) is 2.49. The molecule has 0 heterocycles. The number of hydrogen-bond donors (Lipinski definition) is 1. The van der Waals surface area contributed by atoms with Gasteiger partial charge in [-0.15, -0.1) is 0 Å². The zero-order valence-corrected chi connectivity index (χ0v) is 12.3. The molecule has 0 atom stereocenters. The maximum atomic E-state index is 12.6. The maximum Gasteiger partial charge on any atom is 0.391 e. The van der Waals surface area contributed by atoms with Gasteiger partial charge in [-0.25, -0.2) is 0 Å². The second-order valence-electron chi connectivity index (χ2n) is 5.09. The molecule has 2 nitrogen and oxygen atoms in total. The van der Waals surface area contributed by atoms with Crippen LogP contribution in [0.1, 0.15) is 25.7 Å². The van der Waals surface area contributed by atoms with Crippen molar-refractivity contribution in [2.45, 2.75) is 31.9 Å². The number of anilines is 1. The van der Waals surface area contributed by atoms with Gasteiger partial charge in [0.05, 0.1) is 5.92 Å². The molecule has 1 fully saturated rings. The summed E-state index contributed by atoms with van der Waals surface area (Å²) in [5.41, 5.74) is 0.655. The quantitative estimate of drug-likeness (QED) is 0.819. The van der Waals surface area contributed by atoms with Crippen LogP contribution in [0.2, 0.25) is 0 Å². The van der Waals surface area contributed by atoms with Crippen LogP contribution in [0.3, 0.4) is 0 Å². The SMILES string of the molecule is O=C(Nc1cccc(Br)c1)C1CCC(C(F)(F)F)CC1. The minimum atomic E-state index is -4.13. The third-order valence-electron chi connectivity index (χ3n) is 3.65. The number of carbonyl (C=O) groups is 1. The average molecular weight is 350 g/mol. The summed E-state index contributed by atoms with van der Waals surface area (Å²) in [5.74, 6) is -1.77. The average Bonchev–Trinajstić information content (AvgIpc) is 2.38. The first-order valence-electron chi connectivity index (χ1n) is 6.49. The monoisotopic (exact) mass is 349 g/mol. The van der Waals surface area contributed by atoms with Gasteiger partial charge in [-0.1, -0.05) is 22.0 Å². The van der Waals surface area contributed by atoms with Gasteiger partial charge in [0.1, 0.15) is 0 Å². The molecular weight excluding hydrogens is 335 g/mol. The lowest BCUT2D eigenvalue weighted by Crippen LogP contribution is -2.32. The predicted molar refractivity (Wildman–Crippen MR) is 74.3 cm³/mol. The fourth-order valence-corrected chi connectivity index (χ4v) is 2.89. The topological polar surface area (TPSA) is 29.1 Å². The molecule has 1 aliphatic carbocycles. The Hall–Kier alpha value is -1.04. The first-order valence-corrected chi connectivity index (χ1v) is 7.28. The number of halogens is 4. The van der Waals surface area contributed by atoms with Crippen LogP contribution >= 0.6 is 15.9 Å². The standard InChI is InChI=1S/C14H15BrF3NO/c15-11-2-1-3-12(8-11)19-13(20)9-4-6-10(7-5-9)14(16,17)18/h1-3,8-10H,4-7H2,(H,19,20). The van der Waals surface area contributed by atoms with E-state index in [2.05, 4.69) is 21.2 Å². The first-order chi connectivity index (χ1) is 9.36. The van der Waals surface area contributed by atoms with E-state index in [0.717, 1.165) is 4.47 Å². The molecule has 0 saturated heterocycles. The van der Waals surface area contributed by atoms with Crippen LogP contribution in [0.25, 0.3) is 0 Å². The van der Waals surface area contributed by atoms with Crippen LogP contribution in [0.15, 0.2) is 28.7 Å². The van der Waals surface area contributed by atoms with E-state index >= 15 is 0 Å². The summed E-state index contributed by atoms with van der Waals surface area (Å²) < 4.78 is 38.5. The second kappa shape index (κ2) is 6.16. The normalized spacial score (nSPS) is 23.4. The number of carbonyl (C=O) groups excluding carboxylic acids is 1. The summed E-state index contributed by atoms with van der Waals surface area (Å²) in [7, 11) is 0. The molecule has 1 aliphatic rings. The van der Waals surface area contributed by atoms with Gasteiger partial charge in [0.15, 0.2) is 0 Å². The fraction of sp³-hybridized carbons (Fsp3) is 0.500. The van der Waals surface area contributed by atoms with Crippen LogP contribution in [0.5, 0.6) is 0 Å². The largest absolute Gasteiger partial charge is 0.391 e. The van der Waals surface area contributed by atoms with Crippen molar-refractivity contribution in [2.24, 2.45) is 11.8 Å². The van der Waals surface area contributed by atoms with Crippen LogP contribution in [-0.4, -0.2) is 12.1 Å². The zero-order valence-electron chi connectivity index (χ0n) is 10.7. The lowest BCUT2D eigenvalue weighted by molar-refractivity contribution is -0.184. The molecule has 1 N–H and O–H groups in total. The third kappa shape index (κ3) is 3.98. The van der Waals surface area contributed by atoms with Crippen molar-refractivity contribution in [2.75, 3.05) is 5.32 Å². The number of amides is 1. The van der Waals surface area contributed by atoms with Crippen molar-refractivity contribution in [3.05, 3.63) is 28.7 Å². The summed E-state index contributed by atoms with van der Waals surface area (Å²) in [6.07, 6.45) is -3.46. The molecule has 0 bridgehead atoms. The number of rotatable bonds is 2. The van der Waals surface area contributed by atoms with E-state index in [0.29, 0.717) is 18.5 Å². The van der Waals surface area contributed by atoms with Crippen molar-refractivity contribution in [1.29, 1.82) is 0 Å². The summed E-state index contributed by atoms with van der Waals surface area (Å²) >= 11 is 3.30. The molecule has 20 heavy (non-hydrogen) atoms. The molecule has 6 heteroatoms. The van der Waals surface area contributed by atoms with Gasteiger partial charge < -0.3 is 5.32 Å².